The van der Waals surface area contributed by atoms with Gasteiger partial charge in [-0.1, -0.05) is 6.92 Å². The number of carbonyl (C=O) groups is 1. The van der Waals surface area contributed by atoms with Crippen molar-refractivity contribution in [2.24, 2.45) is 5.73 Å². The third kappa shape index (κ3) is 2.36. The number of rotatable bonds is 3. The van der Waals surface area contributed by atoms with Gasteiger partial charge < -0.3 is 10.8 Å². The first kappa shape index (κ1) is 11.7. The molecule has 0 spiro atoms. The third-order valence-corrected chi connectivity index (χ3v) is 2.84. The van der Waals surface area contributed by atoms with Gasteiger partial charge in [-0.3, -0.25) is 0 Å². The van der Waals surface area contributed by atoms with Crippen LogP contribution in [0.1, 0.15) is 39.9 Å². The largest absolute Gasteiger partial charge is 0.478 e. The summed E-state index contributed by atoms with van der Waals surface area (Å²) >= 11 is 0. The Morgan fingerprint density at radius 1 is 1.47 bits per heavy atom. The molecule has 0 fully saturated rings. The molecule has 0 amide bonds. The molecule has 1 rings (SSSR count). The van der Waals surface area contributed by atoms with Gasteiger partial charge in [0.2, 0.25) is 0 Å². The van der Waals surface area contributed by atoms with Gasteiger partial charge in [0.15, 0.2) is 0 Å². The van der Waals surface area contributed by atoms with E-state index in [4.69, 9.17) is 10.8 Å². The summed E-state index contributed by atoms with van der Waals surface area (Å²) in [4.78, 5) is 10.9. The summed E-state index contributed by atoms with van der Waals surface area (Å²) < 4.78 is 0. The van der Waals surface area contributed by atoms with E-state index in [9.17, 15) is 4.79 Å². The van der Waals surface area contributed by atoms with Crippen LogP contribution in [-0.4, -0.2) is 17.6 Å². The Morgan fingerprint density at radius 2 is 2.07 bits per heavy atom. The van der Waals surface area contributed by atoms with Crippen LogP contribution >= 0.6 is 0 Å². The number of carboxylic acid groups (broad SMARTS) is 1. The van der Waals surface area contributed by atoms with Gasteiger partial charge in [0.05, 0.1) is 5.56 Å². The van der Waals surface area contributed by atoms with Crippen molar-refractivity contribution in [3.8, 4) is 0 Å². The second kappa shape index (κ2) is 4.45. The number of carboxylic acids is 1. The number of hydrogen-bond donors (Lipinski definition) is 2. The van der Waals surface area contributed by atoms with Gasteiger partial charge in [-0.2, -0.15) is 0 Å². The highest BCUT2D eigenvalue weighted by Crippen LogP contribution is 2.23. The first-order valence-electron chi connectivity index (χ1n) is 5.01. The zero-order chi connectivity index (χ0) is 11.6. The third-order valence-electron chi connectivity index (χ3n) is 2.84. The van der Waals surface area contributed by atoms with E-state index in [2.05, 4.69) is 0 Å². The maximum Gasteiger partial charge on any atom is 0.335 e. The molecule has 3 N–H and O–H groups in total. The maximum atomic E-state index is 10.9. The fraction of sp³-hybridized carbons (Fsp3) is 0.417. The van der Waals surface area contributed by atoms with Crippen molar-refractivity contribution in [3.63, 3.8) is 0 Å². The molecule has 0 bridgehead atoms. The second-order valence-corrected chi connectivity index (χ2v) is 3.95. The number of aromatic carboxylic acids is 1. The molecule has 0 radical (unpaired) electrons. The van der Waals surface area contributed by atoms with E-state index in [0.29, 0.717) is 12.1 Å². The summed E-state index contributed by atoms with van der Waals surface area (Å²) in [5.41, 5.74) is 9.12. The molecule has 0 aliphatic carbocycles. The standard InChI is InChI=1S/C12H17NO2/c1-7-4-10(12(14)15)5-11(9(7)3)8(2)6-13/h4-5,8H,6,13H2,1-3H3,(H,14,15). The van der Waals surface area contributed by atoms with E-state index in [0.717, 1.165) is 16.7 Å². The average Bonchev–Trinajstić information content (AvgIpc) is 2.20. The number of nitrogens with two attached hydrogens (primary N) is 1. The lowest BCUT2D eigenvalue weighted by Gasteiger charge is -2.15. The van der Waals surface area contributed by atoms with Gasteiger partial charge in [0, 0.05) is 0 Å². The lowest BCUT2D eigenvalue weighted by molar-refractivity contribution is 0.0696. The molecule has 0 saturated carbocycles. The number of benzene rings is 1. The zero-order valence-corrected chi connectivity index (χ0v) is 9.37. The summed E-state index contributed by atoms with van der Waals surface area (Å²) in [6.45, 7) is 6.47. The fourth-order valence-corrected chi connectivity index (χ4v) is 1.65. The summed E-state index contributed by atoms with van der Waals surface area (Å²) in [5, 5.41) is 8.95. The van der Waals surface area contributed by atoms with Crippen molar-refractivity contribution in [3.05, 3.63) is 34.4 Å². The highest BCUT2D eigenvalue weighted by molar-refractivity contribution is 5.88. The lowest BCUT2D eigenvalue weighted by Crippen LogP contribution is -2.12. The fourth-order valence-electron chi connectivity index (χ4n) is 1.65. The van der Waals surface area contributed by atoms with Gasteiger partial charge >= 0.3 is 5.97 Å². The van der Waals surface area contributed by atoms with E-state index >= 15 is 0 Å². The topological polar surface area (TPSA) is 63.3 Å². The molecule has 1 unspecified atom stereocenters. The quantitative estimate of drug-likeness (QED) is 0.797. The summed E-state index contributed by atoms with van der Waals surface area (Å²) in [6, 6.07) is 3.42. The van der Waals surface area contributed by atoms with Crippen LogP contribution in [-0.2, 0) is 0 Å². The van der Waals surface area contributed by atoms with Crippen molar-refractivity contribution >= 4 is 5.97 Å². The molecule has 1 atom stereocenters. The molecule has 3 nitrogen and oxygen atoms in total. The van der Waals surface area contributed by atoms with E-state index in [1.165, 1.54) is 0 Å². The molecule has 82 valence electrons. The monoisotopic (exact) mass is 207 g/mol. The average molecular weight is 207 g/mol. The maximum absolute atomic E-state index is 10.9. The Balaban J connectivity index is 3.31. The minimum absolute atomic E-state index is 0.197. The SMILES string of the molecule is Cc1cc(C(=O)O)cc(C(C)CN)c1C. The van der Waals surface area contributed by atoms with Crippen molar-refractivity contribution in [1.82, 2.24) is 0 Å². The molecule has 0 heterocycles. The van der Waals surface area contributed by atoms with Crippen LogP contribution in [0.2, 0.25) is 0 Å². The Morgan fingerprint density at radius 3 is 2.53 bits per heavy atom. The Labute approximate surface area is 89.9 Å². The van der Waals surface area contributed by atoms with E-state index in [-0.39, 0.29) is 5.92 Å². The smallest absolute Gasteiger partial charge is 0.335 e. The molecule has 0 saturated heterocycles. The van der Waals surface area contributed by atoms with Crippen LogP contribution in [0, 0.1) is 13.8 Å². The first-order chi connectivity index (χ1) is 6.97. The molecule has 0 aromatic heterocycles. The predicted octanol–water partition coefficient (Wildman–Crippen LogP) is 2.06. The Kier molecular flexibility index (Phi) is 3.48. The van der Waals surface area contributed by atoms with Gasteiger partial charge in [0.1, 0.15) is 0 Å². The molecule has 1 aromatic carbocycles. The first-order valence-corrected chi connectivity index (χ1v) is 5.01. The molecule has 0 aliphatic rings. The van der Waals surface area contributed by atoms with Gasteiger partial charge in [0.25, 0.3) is 0 Å². The van der Waals surface area contributed by atoms with Crippen LogP contribution in [0.25, 0.3) is 0 Å². The van der Waals surface area contributed by atoms with Crippen LogP contribution in [0.5, 0.6) is 0 Å². The highest BCUT2D eigenvalue weighted by Gasteiger charge is 2.13. The highest BCUT2D eigenvalue weighted by atomic mass is 16.4. The van der Waals surface area contributed by atoms with Gasteiger partial charge in [-0.25, -0.2) is 4.79 Å². The normalized spacial score (nSPS) is 12.5. The molecule has 0 aliphatic heterocycles. The van der Waals surface area contributed by atoms with Crippen LogP contribution in [0.4, 0.5) is 0 Å². The van der Waals surface area contributed by atoms with Crippen molar-refractivity contribution < 1.29 is 9.90 Å². The molecule has 1 aromatic rings. The minimum Gasteiger partial charge on any atom is -0.478 e. The van der Waals surface area contributed by atoms with E-state index in [1.807, 2.05) is 20.8 Å². The molecular weight excluding hydrogens is 190 g/mol. The van der Waals surface area contributed by atoms with Crippen LogP contribution < -0.4 is 5.73 Å². The Bertz CT molecular complexity index is 385. The van der Waals surface area contributed by atoms with E-state index < -0.39 is 5.97 Å². The second-order valence-electron chi connectivity index (χ2n) is 3.95. The zero-order valence-electron chi connectivity index (χ0n) is 9.37. The van der Waals surface area contributed by atoms with Gasteiger partial charge in [-0.15, -0.1) is 0 Å². The van der Waals surface area contributed by atoms with Crippen molar-refractivity contribution in [1.29, 1.82) is 0 Å². The number of aryl methyl sites for hydroxylation is 1. The van der Waals surface area contributed by atoms with Gasteiger partial charge in [-0.05, 0) is 55.1 Å². The minimum atomic E-state index is -0.886. The van der Waals surface area contributed by atoms with E-state index in [1.54, 1.807) is 12.1 Å². The molecule has 15 heavy (non-hydrogen) atoms. The van der Waals surface area contributed by atoms with Crippen LogP contribution in [0.15, 0.2) is 12.1 Å². The summed E-state index contributed by atoms with van der Waals surface area (Å²) in [5.74, 6) is -0.688. The van der Waals surface area contributed by atoms with Crippen LogP contribution in [0.3, 0.4) is 0 Å². The van der Waals surface area contributed by atoms with Crippen molar-refractivity contribution in [2.45, 2.75) is 26.7 Å². The summed E-state index contributed by atoms with van der Waals surface area (Å²) in [7, 11) is 0. The molecular formula is C12H17NO2. The predicted molar refractivity (Wildman–Crippen MR) is 60.3 cm³/mol. The lowest BCUT2D eigenvalue weighted by atomic mass is 9.91. The summed E-state index contributed by atoms with van der Waals surface area (Å²) in [6.07, 6.45) is 0. The van der Waals surface area contributed by atoms with Crippen molar-refractivity contribution in [2.75, 3.05) is 6.54 Å². The Hall–Kier alpha value is -1.35. The number of hydrogen-bond acceptors (Lipinski definition) is 2. The molecule has 3 heteroatoms.